The van der Waals surface area contributed by atoms with Crippen LogP contribution in [0.15, 0.2) is 59.4 Å². The van der Waals surface area contributed by atoms with E-state index in [1.165, 1.54) is 36.4 Å². The zero-order valence-corrected chi connectivity index (χ0v) is 14.6. The number of nitrogens with one attached hydrogen (secondary N) is 1. The molecule has 0 atom stereocenters. The second-order valence-electron chi connectivity index (χ2n) is 6.32. The van der Waals surface area contributed by atoms with Gasteiger partial charge in [-0.1, -0.05) is 6.07 Å². The summed E-state index contributed by atoms with van der Waals surface area (Å²) >= 11 is 0. The lowest BCUT2D eigenvalue weighted by atomic mass is 10.2. The number of rotatable bonds is 4. The minimum atomic E-state index is -0.510. The van der Waals surface area contributed by atoms with E-state index in [0.29, 0.717) is 23.9 Å². The van der Waals surface area contributed by atoms with Crippen molar-refractivity contribution in [1.82, 2.24) is 10.2 Å². The Bertz CT molecular complexity index is 881. The molecule has 0 radical (unpaired) electrons. The van der Waals surface area contributed by atoms with Gasteiger partial charge < -0.3 is 19.7 Å². The van der Waals surface area contributed by atoms with Crippen LogP contribution < -0.4 is 10.1 Å². The van der Waals surface area contributed by atoms with Gasteiger partial charge in [-0.15, -0.1) is 0 Å². The standard InChI is InChI=1S/C20H19F2N3O2/c21-15-3-5-16(6-4-15)27-18-7-2-14(10-17(18)22)12-26-20-11-19-23-8-1-9-25(19)13-24-20/h2-7,10-11,23H,1,8-9,12-13H2. The molecule has 0 spiro atoms. The molecule has 7 heteroatoms. The van der Waals surface area contributed by atoms with Crippen molar-refractivity contribution in [3.63, 3.8) is 0 Å². The highest BCUT2D eigenvalue weighted by molar-refractivity contribution is 5.88. The van der Waals surface area contributed by atoms with Crippen LogP contribution in [0, 0.1) is 11.6 Å². The van der Waals surface area contributed by atoms with Crippen LogP contribution in [0.4, 0.5) is 8.78 Å². The van der Waals surface area contributed by atoms with Crippen molar-refractivity contribution in [2.24, 2.45) is 4.99 Å². The van der Waals surface area contributed by atoms with E-state index in [2.05, 4.69) is 15.2 Å². The molecular weight excluding hydrogens is 352 g/mol. The first-order chi connectivity index (χ1) is 13.2. The molecule has 140 valence electrons. The van der Waals surface area contributed by atoms with Gasteiger partial charge in [0.15, 0.2) is 11.6 Å². The number of hydrogen-bond acceptors (Lipinski definition) is 5. The maximum atomic E-state index is 14.3. The molecule has 27 heavy (non-hydrogen) atoms. The monoisotopic (exact) mass is 371 g/mol. The minimum absolute atomic E-state index is 0.0736. The molecular formula is C20H19F2N3O2. The molecule has 4 rings (SSSR count). The van der Waals surface area contributed by atoms with Crippen molar-refractivity contribution < 1.29 is 18.3 Å². The van der Waals surface area contributed by atoms with Crippen LogP contribution in [0.3, 0.4) is 0 Å². The number of nitrogens with zero attached hydrogens (tertiary/aromatic N) is 2. The zero-order valence-electron chi connectivity index (χ0n) is 14.6. The third-order valence-corrected chi connectivity index (χ3v) is 4.33. The van der Waals surface area contributed by atoms with E-state index in [4.69, 9.17) is 9.47 Å². The van der Waals surface area contributed by atoms with Crippen LogP contribution in [-0.2, 0) is 11.3 Å². The first kappa shape index (κ1) is 17.3. The Labute approximate surface area is 155 Å². The fraction of sp³-hybridized carbons (Fsp3) is 0.250. The predicted octanol–water partition coefficient (Wildman–Crippen LogP) is 3.78. The number of ether oxygens (including phenoxy) is 2. The average Bonchev–Trinajstić information content (AvgIpc) is 2.70. The lowest BCUT2D eigenvalue weighted by molar-refractivity contribution is 0.256. The summed E-state index contributed by atoms with van der Waals surface area (Å²) in [5, 5.41) is 3.32. The van der Waals surface area contributed by atoms with Crippen LogP contribution in [0.2, 0.25) is 0 Å². The van der Waals surface area contributed by atoms with Crippen molar-refractivity contribution in [2.45, 2.75) is 13.0 Å². The van der Waals surface area contributed by atoms with Gasteiger partial charge in [-0.05, 0) is 48.4 Å². The predicted molar refractivity (Wildman–Crippen MR) is 97.4 cm³/mol. The Balaban J connectivity index is 1.37. The number of halogens is 2. The fourth-order valence-corrected chi connectivity index (χ4v) is 2.92. The summed E-state index contributed by atoms with van der Waals surface area (Å²) in [6, 6.07) is 10.0. The molecule has 0 bridgehead atoms. The summed E-state index contributed by atoms with van der Waals surface area (Å²) in [6.07, 6.45) is 2.96. The van der Waals surface area contributed by atoms with Crippen molar-refractivity contribution in [2.75, 3.05) is 19.8 Å². The van der Waals surface area contributed by atoms with Gasteiger partial charge in [0.25, 0.3) is 0 Å². The molecule has 2 aromatic carbocycles. The summed E-state index contributed by atoms with van der Waals surface area (Å²) in [6.45, 7) is 2.69. The SMILES string of the molecule is Fc1ccc(Oc2ccc(COC3=NCN4CCCNC4=C3)cc2F)cc1. The van der Waals surface area contributed by atoms with Crippen molar-refractivity contribution in [3.8, 4) is 11.5 Å². The van der Waals surface area contributed by atoms with Crippen LogP contribution in [-0.4, -0.2) is 30.6 Å². The van der Waals surface area contributed by atoms with Gasteiger partial charge in [0.1, 0.15) is 30.7 Å². The van der Waals surface area contributed by atoms with E-state index in [0.717, 1.165) is 25.3 Å². The molecule has 1 N–H and O–H groups in total. The topological polar surface area (TPSA) is 46.1 Å². The van der Waals surface area contributed by atoms with E-state index in [9.17, 15) is 8.78 Å². The molecule has 2 aliphatic rings. The molecule has 0 unspecified atom stereocenters. The normalized spacial score (nSPS) is 16.0. The largest absolute Gasteiger partial charge is 0.473 e. The first-order valence-electron chi connectivity index (χ1n) is 8.77. The highest BCUT2D eigenvalue weighted by Crippen LogP contribution is 2.25. The molecule has 1 saturated heterocycles. The van der Waals surface area contributed by atoms with Crippen molar-refractivity contribution in [1.29, 1.82) is 0 Å². The van der Waals surface area contributed by atoms with E-state index >= 15 is 0 Å². The molecule has 2 heterocycles. The molecule has 2 aliphatic heterocycles. The molecule has 0 saturated carbocycles. The Hall–Kier alpha value is -3.09. The molecule has 0 aliphatic carbocycles. The maximum absolute atomic E-state index is 14.3. The number of benzene rings is 2. The second kappa shape index (κ2) is 7.65. The fourth-order valence-electron chi connectivity index (χ4n) is 2.92. The summed E-state index contributed by atoms with van der Waals surface area (Å²) in [4.78, 5) is 6.54. The van der Waals surface area contributed by atoms with Crippen LogP contribution in [0.5, 0.6) is 11.5 Å². The lowest BCUT2D eigenvalue weighted by Crippen LogP contribution is -2.41. The van der Waals surface area contributed by atoms with Crippen LogP contribution in [0.25, 0.3) is 0 Å². The van der Waals surface area contributed by atoms with Crippen molar-refractivity contribution >= 4 is 5.90 Å². The van der Waals surface area contributed by atoms with Gasteiger partial charge in [-0.25, -0.2) is 13.8 Å². The highest BCUT2D eigenvalue weighted by atomic mass is 19.1. The third-order valence-electron chi connectivity index (χ3n) is 4.33. The van der Waals surface area contributed by atoms with E-state index in [1.54, 1.807) is 6.07 Å². The minimum Gasteiger partial charge on any atom is -0.473 e. The summed E-state index contributed by atoms with van der Waals surface area (Å²) in [5.74, 6) is 1.10. The maximum Gasteiger partial charge on any atom is 0.214 e. The highest BCUT2D eigenvalue weighted by Gasteiger charge is 2.18. The van der Waals surface area contributed by atoms with Gasteiger partial charge in [0, 0.05) is 19.2 Å². The zero-order chi connectivity index (χ0) is 18.6. The number of aliphatic imine (C=N–C) groups is 1. The Morgan fingerprint density at radius 1 is 1.11 bits per heavy atom. The van der Waals surface area contributed by atoms with E-state index < -0.39 is 5.82 Å². The van der Waals surface area contributed by atoms with Crippen molar-refractivity contribution in [3.05, 3.63) is 71.6 Å². The third kappa shape index (κ3) is 4.19. The van der Waals surface area contributed by atoms with E-state index in [-0.39, 0.29) is 18.2 Å². The Morgan fingerprint density at radius 2 is 1.96 bits per heavy atom. The summed E-state index contributed by atoms with van der Waals surface area (Å²) in [5.41, 5.74) is 0.666. The van der Waals surface area contributed by atoms with Gasteiger partial charge in [-0.2, -0.15) is 0 Å². The van der Waals surface area contributed by atoms with E-state index in [1.807, 2.05) is 6.08 Å². The smallest absolute Gasteiger partial charge is 0.214 e. The summed E-state index contributed by atoms with van der Waals surface area (Å²) < 4.78 is 38.4. The molecule has 0 amide bonds. The van der Waals surface area contributed by atoms with Gasteiger partial charge >= 0.3 is 0 Å². The van der Waals surface area contributed by atoms with Crippen LogP contribution >= 0.6 is 0 Å². The van der Waals surface area contributed by atoms with Gasteiger partial charge in [0.05, 0.1) is 0 Å². The Morgan fingerprint density at radius 3 is 2.78 bits per heavy atom. The molecule has 0 aromatic heterocycles. The lowest BCUT2D eigenvalue weighted by Gasteiger charge is -2.33. The second-order valence-corrected chi connectivity index (χ2v) is 6.32. The quantitative estimate of drug-likeness (QED) is 0.889. The number of hydrogen-bond donors (Lipinski definition) is 1. The number of fused-ring (bicyclic) bond motifs is 1. The molecule has 2 aromatic rings. The molecule has 1 fully saturated rings. The first-order valence-corrected chi connectivity index (χ1v) is 8.77. The van der Waals surface area contributed by atoms with Gasteiger partial charge in [0.2, 0.25) is 5.90 Å². The summed E-state index contributed by atoms with van der Waals surface area (Å²) in [7, 11) is 0. The molecule has 5 nitrogen and oxygen atoms in total. The average molecular weight is 371 g/mol. The van der Waals surface area contributed by atoms with Crippen LogP contribution in [0.1, 0.15) is 12.0 Å². The van der Waals surface area contributed by atoms with Gasteiger partial charge in [-0.3, -0.25) is 0 Å². The Kier molecular flexibility index (Phi) is 4.91.